The number of hydrogen-bond donors (Lipinski definition) is 0. The summed E-state index contributed by atoms with van der Waals surface area (Å²) in [6.45, 7) is 5.41. The molecule has 0 aliphatic carbocycles. The fourth-order valence-corrected chi connectivity index (χ4v) is 1.84. The van der Waals surface area contributed by atoms with Gasteiger partial charge in [0.1, 0.15) is 11.3 Å². The molecule has 0 N–H and O–H groups in total. The Hall–Kier alpha value is -2.43. The third-order valence-corrected chi connectivity index (χ3v) is 2.81. The Morgan fingerprint density at radius 3 is 2.24 bits per heavy atom. The second kappa shape index (κ2) is 5.52. The number of ether oxygens (including phenoxy) is 1. The topological polar surface area (TPSA) is 63.7 Å². The van der Waals surface area contributed by atoms with Crippen LogP contribution >= 0.6 is 0 Å². The lowest BCUT2D eigenvalue weighted by molar-refractivity contribution is 0.0577. The van der Waals surface area contributed by atoms with Crippen LogP contribution in [0.4, 0.5) is 10.5 Å². The van der Waals surface area contributed by atoms with Crippen LogP contribution in [-0.2, 0) is 11.3 Å². The Labute approximate surface area is 122 Å². The molecule has 5 heteroatoms. The monoisotopic (exact) mass is 287 g/mol. The van der Waals surface area contributed by atoms with Crippen LogP contribution in [0.25, 0.3) is 0 Å². The number of benzene rings is 1. The van der Waals surface area contributed by atoms with E-state index in [2.05, 4.69) is 0 Å². The van der Waals surface area contributed by atoms with Gasteiger partial charge in [-0.3, -0.25) is 14.5 Å². The lowest BCUT2D eigenvalue weighted by atomic mass is 10.1. The molecule has 2 aromatic rings. The van der Waals surface area contributed by atoms with E-state index in [0.29, 0.717) is 0 Å². The van der Waals surface area contributed by atoms with E-state index in [1.165, 1.54) is 4.90 Å². The molecule has 0 aliphatic heterocycles. The van der Waals surface area contributed by atoms with Crippen molar-refractivity contribution >= 4 is 11.8 Å². The molecule has 0 spiro atoms. The Morgan fingerprint density at radius 1 is 1.14 bits per heavy atom. The van der Waals surface area contributed by atoms with Gasteiger partial charge in [0.2, 0.25) is 10.9 Å². The first-order valence-electron chi connectivity index (χ1n) is 6.63. The zero-order chi connectivity index (χ0) is 15.6. The Bertz CT molecular complexity index is 706. The molecular formula is C16H17NO4. The first-order valence-corrected chi connectivity index (χ1v) is 6.63. The van der Waals surface area contributed by atoms with Crippen LogP contribution in [0.1, 0.15) is 26.3 Å². The van der Waals surface area contributed by atoms with Crippen molar-refractivity contribution in [3.05, 3.63) is 62.4 Å². The Balaban J connectivity index is 2.28. The molecule has 0 aromatic heterocycles. The van der Waals surface area contributed by atoms with Gasteiger partial charge in [-0.1, -0.05) is 30.3 Å². The number of nitrogens with zero attached hydrogens (tertiary/aromatic N) is 1. The number of carbonyl (C=O) groups excluding carboxylic acids is 1. The summed E-state index contributed by atoms with van der Waals surface area (Å²) >= 11 is 0. The molecular weight excluding hydrogens is 270 g/mol. The Morgan fingerprint density at radius 2 is 1.76 bits per heavy atom. The number of amides is 1. The highest BCUT2D eigenvalue weighted by atomic mass is 16.6. The maximum atomic E-state index is 12.2. The van der Waals surface area contributed by atoms with E-state index in [1.807, 2.05) is 30.3 Å². The van der Waals surface area contributed by atoms with Crippen molar-refractivity contribution in [3.8, 4) is 0 Å². The lowest BCUT2D eigenvalue weighted by Gasteiger charge is -2.27. The Kier molecular flexibility index (Phi) is 3.93. The molecule has 0 heterocycles. The van der Waals surface area contributed by atoms with Crippen molar-refractivity contribution < 1.29 is 9.53 Å². The predicted molar refractivity (Wildman–Crippen MR) is 80.2 cm³/mol. The molecule has 0 unspecified atom stereocenters. The highest BCUT2D eigenvalue weighted by Crippen LogP contribution is 2.17. The summed E-state index contributed by atoms with van der Waals surface area (Å²) in [5.41, 5.74) is -0.999. The minimum Gasteiger partial charge on any atom is -0.443 e. The van der Waals surface area contributed by atoms with Crippen LogP contribution < -0.4 is 15.8 Å². The average Bonchev–Trinajstić information content (AvgIpc) is 2.41. The van der Waals surface area contributed by atoms with E-state index in [0.717, 1.165) is 11.6 Å². The largest absolute Gasteiger partial charge is 0.443 e. The van der Waals surface area contributed by atoms with Crippen molar-refractivity contribution in [3.63, 3.8) is 0 Å². The second-order valence-electron chi connectivity index (χ2n) is 5.78. The number of carbonyl (C=O) groups is 1. The highest BCUT2D eigenvalue weighted by Gasteiger charge is 2.27. The molecule has 110 valence electrons. The number of hydrogen-bond acceptors (Lipinski definition) is 4. The minimum absolute atomic E-state index is 0.0816. The zero-order valence-electron chi connectivity index (χ0n) is 12.3. The normalized spacial score (nSPS) is 11.4. The van der Waals surface area contributed by atoms with Crippen LogP contribution in [0.2, 0.25) is 0 Å². The van der Waals surface area contributed by atoms with Gasteiger partial charge in [-0.2, -0.15) is 0 Å². The van der Waals surface area contributed by atoms with E-state index in [1.54, 1.807) is 20.8 Å². The first-order chi connectivity index (χ1) is 9.78. The molecule has 1 amide bonds. The zero-order valence-corrected chi connectivity index (χ0v) is 12.3. The molecule has 0 atom stereocenters. The van der Waals surface area contributed by atoms with Gasteiger partial charge >= 0.3 is 6.09 Å². The summed E-state index contributed by atoms with van der Waals surface area (Å²) in [5.74, 6) is 0. The maximum absolute atomic E-state index is 12.2. The van der Waals surface area contributed by atoms with Crippen LogP contribution in [0.15, 0.2) is 46.0 Å². The average molecular weight is 287 g/mol. The van der Waals surface area contributed by atoms with Crippen LogP contribution in [0.5, 0.6) is 0 Å². The molecule has 0 aliphatic rings. The molecule has 0 saturated heterocycles. The molecule has 2 aromatic carbocycles. The summed E-state index contributed by atoms with van der Waals surface area (Å²) in [5, 5.41) is 0. The fraction of sp³-hybridized carbons (Fsp3) is 0.312. The molecule has 2 rings (SSSR count). The highest BCUT2D eigenvalue weighted by molar-refractivity contribution is 5.88. The molecule has 0 radical (unpaired) electrons. The standard InChI is InChI=1S/C16H17NO4/c1-16(2,3)21-15(20)17(12-9-13(18)14(12)19)10-11-7-5-4-6-8-11/h4-9H,10H2,1-3H3. The molecule has 0 fully saturated rings. The molecule has 0 saturated carbocycles. The van der Waals surface area contributed by atoms with Gasteiger partial charge in [-0.15, -0.1) is 0 Å². The van der Waals surface area contributed by atoms with Crippen LogP contribution in [0.3, 0.4) is 0 Å². The van der Waals surface area contributed by atoms with Gasteiger partial charge in [0, 0.05) is 6.07 Å². The van der Waals surface area contributed by atoms with E-state index < -0.39 is 22.6 Å². The molecule has 21 heavy (non-hydrogen) atoms. The van der Waals surface area contributed by atoms with Crippen molar-refractivity contribution in [2.24, 2.45) is 0 Å². The third kappa shape index (κ3) is 3.56. The second-order valence-corrected chi connectivity index (χ2v) is 5.78. The van der Waals surface area contributed by atoms with E-state index in [9.17, 15) is 14.4 Å². The molecule has 5 nitrogen and oxygen atoms in total. The minimum atomic E-state index is -0.677. The van der Waals surface area contributed by atoms with Gasteiger partial charge in [0.25, 0.3) is 0 Å². The lowest BCUT2D eigenvalue weighted by Crippen LogP contribution is -2.44. The molecule has 0 bridgehead atoms. The smallest absolute Gasteiger partial charge is 0.415 e. The van der Waals surface area contributed by atoms with Gasteiger partial charge < -0.3 is 4.74 Å². The SMILES string of the molecule is CC(C)(C)OC(=O)N(Cc1ccccc1)c1cc(=O)c1=O. The van der Waals surface area contributed by atoms with Crippen molar-refractivity contribution in [1.82, 2.24) is 0 Å². The maximum Gasteiger partial charge on any atom is 0.415 e. The predicted octanol–water partition coefficient (Wildman–Crippen LogP) is 2.22. The van der Waals surface area contributed by atoms with E-state index >= 15 is 0 Å². The summed E-state index contributed by atoms with van der Waals surface area (Å²) < 4.78 is 5.30. The summed E-state index contributed by atoms with van der Waals surface area (Å²) in [6.07, 6.45) is -0.640. The van der Waals surface area contributed by atoms with Crippen molar-refractivity contribution in [1.29, 1.82) is 0 Å². The first kappa shape index (κ1) is 15.0. The van der Waals surface area contributed by atoms with E-state index in [-0.39, 0.29) is 12.2 Å². The van der Waals surface area contributed by atoms with Gasteiger partial charge in [0.05, 0.1) is 6.54 Å². The van der Waals surface area contributed by atoms with Crippen molar-refractivity contribution in [2.75, 3.05) is 4.90 Å². The van der Waals surface area contributed by atoms with Gasteiger partial charge in [-0.05, 0) is 26.3 Å². The van der Waals surface area contributed by atoms with Gasteiger partial charge in [0.15, 0.2) is 0 Å². The van der Waals surface area contributed by atoms with Crippen LogP contribution in [-0.4, -0.2) is 11.7 Å². The summed E-state index contributed by atoms with van der Waals surface area (Å²) in [7, 11) is 0. The fourth-order valence-electron chi connectivity index (χ4n) is 1.84. The van der Waals surface area contributed by atoms with Gasteiger partial charge in [-0.25, -0.2) is 4.79 Å². The summed E-state index contributed by atoms with van der Waals surface area (Å²) in [4.78, 5) is 36.1. The van der Waals surface area contributed by atoms with E-state index in [4.69, 9.17) is 4.74 Å². The number of anilines is 1. The van der Waals surface area contributed by atoms with Crippen molar-refractivity contribution in [2.45, 2.75) is 32.9 Å². The number of rotatable bonds is 3. The van der Waals surface area contributed by atoms with Crippen LogP contribution in [0, 0.1) is 0 Å². The third-order valence-electron chi connectivity index (χ3n) is 2.81. The summed E-state index contributed by atoms with van der Waals surface area (Å²) in [6, 6.07) is 10.4. The quantitative estimate of drug-likeness (QED) is 0.812.